The second kappa shape index (κ2) is 10.5. The predicted molar refractivity (Wildman–Crippen MR) is 117 cm³/mol. The minimum absolute atomic E-state index is 0.126. The minimum atomic E-state index is -0.657. The van der Waals surface area contributed by atoms with E-state index in [-0.39, 0.29) is 17.2 Å². The Hall–Kier alpha value is -4.46. The molecule has 32 heavy (non-hydrogen) atoms. The van der Waals surface area contributed by atoms with Gasteiger partial charge in [0.2, 0.25) is 0 Å². The number of amides is 1. The van der Waals surface area contributed by atoms with Crippen molar-refractivity contribution in [3.8, 4) is 17.2 Å². The summed E-state index contributed by atoms with van der Waals surface area (Å²) in [6, 6.07) is 19.4. The van der Waals surface area contributed by atoms with Crippen LogP contribution < -0.4 is 19.6 Å². The van der Waals surface area contributed by atoms with Crippen LogP contribution in [-0.4, -0.2) is 31.2 Å². The Morgan fingerprint density at radius 2 is 1.50 bits per heavy atom. The van der Waals surface area contributed by atoms with Gasteiger partial charge < -0.3 is 14.2 Å². The molecule has 0 bridgehead atoms. The molecule has 162 valence electrons. The molecule has 3 aromatic rings. The quantitative estimate of drug-likeness (QED) is 0.265. The maximum absolute atomic E-state index is 12.4. The lowest BCUT2D eigenvalue weighted by Gasteiger charge is -2.08. The average Bonchev–Trinajstić information content (AvgIpc) is 2.80. The van der Waals surface area contributed by atoms with Crippen molar-refractivity contribution >= 4 is 24.1 Å². The third-order valence-corrected chi connectivity index (χ3v) is 4.18. The van der Waals surface area contributed by atoms with Crippen LogP contribution in [0.2, 0.25) is 0 Å². The standard InChI is InChI=1S/C24H20N2O6/c1-16(27)31-22-6-4-3-5-21(22)24(29)32-20-11-7-17(8-12-20)15-25-26-23(28)18-9-13-19(30-2)14-10-18/h3-15H,1-2H3,(H,26,28)/b25-15-. The zero-order valence-corrected chi connectivity index (χ0v) is 17.4. The van der Waals surface area contributed by atoms with Crippen LogP contribution in [0.4, 0.5) is 0 Å². The lowest BCUT2D eigenvalue weighted by atomic mass is 10.2. The maximum atomic E-state index is 12.4. The van der Waals surface area contributed by atoms with E-state index in [1.807, 2.05) is 0 Å². The molecule has 0 atom stereocenters. The second-order valence-corrected chi connectivity index (χ2v) is 6.48. The van der Waals surface area contributed by atoms with E-state index in [0.717, 1.165) is 0 Å². The Balaban J connectivity index is 1.58. The van der Waals surface area contributed by atoms with Gasteiger partial charge in [-0.15, -0.1) is 0 Å². The molecule has 0 radical (unpaired) electrons. The number of hydrazone groups is 1. The summed E-state index contributed by atoms with van der Waals surface area (Å²) in [4.78, 5) is 35.7. The van der Waals surface area contributed by atoms with Crippen LogP contribution in [0.25, 0.3) is 0 Å². The first kappa shape index (κ1) is 22.2. The second-order valence-electron chi connectivity index (χ2n) is 6.48. The summed E-state index contributed by atoms with van der Waals surface area (Å²) < 4.78 is 15.4. The molecule has 1 N–H and O–H groups in total. The highest BCUT2D eigenvalue weighted by Crippen LogP contribution is 2.21. The first-order chi connectivity index (χ1) is 15.5. The summed E-state index contributed by atoms with van der Waals surface area (Å²) in [5.74, 6) is -0.474. The van der Waals surface area contributed by atoms with Gasteiger partial charge >= 0.3 is 11.9 Å². The Bertz CT molecular complexity index is 1140. The molecule has 0 aromatic heterocycles. The first-order valence-corrected chi connectivity index (χ1v) is 9.53. The normalized spacial score (nSPS) is 10.4. The van der Waals surface area contributed by atoms with Gasteiger partial charge in [-0.25, -0.2) is 10.2 Å². The minimum Gasteiger partial charge on any atom is -0.497 e. The SMILES string of the molecule is COc1ccc(C(=O)N/N=C\c2ccc(OC(=O)c3ccccc3OC(C)=O)cc2)cc1. The number of para-hydroxylation sites is 1. The fourth-order valence-electron chi connectivity index (χ4n) is 2.64. The molecular weight excluding hydrogens is 412 g/mol. The van der Waals surface area contributed by atoms with E-state index < -0.39 is 11.9 Å². The van der Waals surface area contributed by atoms with Gasteiger partial charge in [0.1, 0.15) is 22.8 Å². The summed E-state index contributed by atoms with van der Waals surface area (Å²) in [5.41, 5.74) is 3.70. The number of methoxy groups -OCH3 is 1. The number of nitrogens with one attached hydrogen (secondary N) is 1. The Kier molecular flexibility index (Phi) is 7.32. The largest absolute Gasteiger partial charge is 0.497 e. The third-order valence-electron chi connectivity index (χ3n) is 4.18. The van der Waals surface area contributed by atoms with E-state index in [2.05, 4.69) is 10.5 Å². The number of nitrogens with zero attached hydrogens (tertiary/aromatic N) is 1. The van der Waals surface area contributed by atoms with Crippen molar-refractivity contribution in [1.29, 1.82) is 0 Å². The van der Waals surface area contributed by atoms with E-state index in [0.29, 0.717) is 22.6 Å². The summed E-state index contributed by atoms with van der Waals surface area (Å²) in [6.07, 6.45) is 1.46. The number of benzene rings is 3. The molecule has 0 aliphatic carbocycles. The molecule has 3 rings (SSSR count). The summed E-state index contributed by atoms with van der Waals surface area (Å²) in [5, 5.41) is 3.93. The van der Waals surface area contributed by atoms with Crippen molar-refractivity contribution in [1.82, 2.24) is 5.43 Å². The van der Waals surface area contributed by atoms with Crippen LogP contribution in [-0.2, 0) is 4.79 Å². The van der Waals surface area contributed by atoms with Crippen molar-refractivity contribution < 1.29 is 28.6 Å². The topological polar surface area (TPSA) is 103 Å². The summed E-state index contributed by atoms with van der Waals surface area (Å²) in [7, 11) is 1.55. The molecular formula is C24H20N2O6. The molecule has 0 aliphatic rings. The van der Waals surface area contributed by atoms with Gasteiger partial charge in [0.15, 0.2) is 0 Å². The monoisotopic (exact) mass is 432 g/mol. The number of ether oxygens (including phenoxy) is 3. The number of carbonyl (C=O) groups is 3. The smallest absolute Gasteiger partial charge is 0.347 e. The lowest BCUT2D eigenvalue weighted by molar-refractivity contribution is -0.131. The molecule has 0 unspecified atom stereocenters. The van der Waals surface area contributed by atoms with Gasteiger partial charge in [-0.1, -0.05) is 12.1 Å². The highest BCUT2D eigenvalue weighted by molar-refractivity contribution is 5.95. The zero-order chi connectivity index (χ0) is 22.9. The fourth-order valence-corrected chi connectivity index (χ4v) is 2.64. The highest BCUT2D eigenvalue weighted by atomic mass is 16.5. The van der Waals surface area contributed by atoms with Crippen molar-refractivity contribution in [2.24, 2.45) is 5.10 Å². The Morgan fingerprint density at radius 1 is 0.844 bits per heavy atom. The molecule has 0 heterocycles. The molecule has 0 saturated heterocycles. The van der Waals surface area contributed by atoms with Crippen molar-refractivity contribution in [2.75, 3.05) is 7.11 Å². The van der Waals surface area contributed by atoms with Crippen LogP contribution in [0.3, 0.4) is 0 Å². The third kappa shape index (κ3) is 6.02. The van der Waals surface area contributed by atoms with E-state index >= 15 is 0 Å². The number of hydrogen-bond acceptors (Lipinski definition) is 7. The zero-order valence-electron chi connectivity index (χ0n) is 17.4. The van der Waals surface area contributed by atoms with Crippen molar-refractivity contribution in [3.63, 3.8) is 0 Å². The lowest BCUT2D eigenvalue weighted by Crippen LogP contribution is -2.17. The molecule has 8 heteroatoms. The fraction of sp³-hybridized carbons (Fsp3) is 0.0833. The van der Waals surface area contributed by atoms with Crippen LogP contribution in [0, 0.1) is 0 Å². The van der Waals surface area contributed by atoms with Crippen LogP contribution in [0.15, 0.2) is 77.9 Å². The Morgan fingerprint density at radius 3 is 2.16 bits per heavy atom. The van der Waals surface area contributed by atoms with Gasteiger partial charge in [0.05, 0.1) is 13.3 Å². The molecule has 0 spiro atoms. The van der Waals surface area contributed by atoms with E-state index in [4.69, 9.17) is 14.2 Å². The predicted octanol–water partition coefficient (Wildman–Crippen LogP) is 3.60. The molecule has 0 saturated carbocycles. The molecule has 1 amide bonds. The van der Waals surface area contributed by atoms with Gasteiger partial charge in [-0.3, -0.25) is 9.59 Å². The summed E-state index contributed by atoms with van der Waals surface area (Å²) >= 11 is 0. The van der Waals surface area contributed by atoms with Crippen LogP contribution in [0.1, 0.15) is 33.2 Å². The van der Waals surface area contributed by atoms with Gasteiger partial charge in [0.25, 0.3) is 5.91 Å². The number of esters is 2. The van der Waals surface area contributed by atoms with Gasteiger partial charge in [-0.2, -0.15) is 5.10 Å². The highest BCUT2D eigenvalue weighted by Gasteiger charge is 2.15. The number of hydrogen-bond donors (Lipinski definition) is 1. The van der Waals surface area contributed by atoms with E-state index in [1.54, 1.807) is 67.8 Å². The van der Waals surface area contributed by atoms with E-state index in [1.165, 1.54) is 25.3 Å². The van der Waals surface area contributed by atoms with E-state index in [9.17, 15) is 14.4 Å². The Labute approximate surface area is 184 Å². The summed E-state index contributed by atoms with van der Waals surface area (Å²) in [6.45, 7) is 1.25. The average molecular weight is 432 g/mol. The van der Waals surface area contributed by atoms with Crippen LogP contribution in [0.5, 0.6) is 17.2 Å². The molecule has 0 fully saturated rings. The van der Waals surface area contributed by atoms with Gasteiger partial charge in [0, 0.05) is 12.5 Å². The molecule has 3 aromatic carbocycles. The first-order valence-electron chi connectivity index (χ1n) is 9.53. The number of carbonyl (C=O) groups excluding carboxylic acids is 3. The molecule has 8 nitrogen and oxygen atoms in total. The maximum Gasteiger partial charge on any atom is 0.347 e. The van der Waals surface area contributed by atoms with Crippen LogP contribution >= 0.6 is 0 Å². The van der Waals surface area contributed by atoms with Crippen molar-refractivity contribution in [2.45, 2.75) is 6.92 Å². The van der Waals surface area contributed by atoms with Crippen molar-refractivity contribution in [3.05, 3.63) is 89.5 Å². The van der Waals surface area contributed by atoms with Gasteiger partial charge in [-0.05, 0) is 66.2 Å². The molecule has 0 aliphatic heterocycles. The number of rotatable bonds is 7.